The third-order valence-corrected chi connectivity index (χ3v) is 2.64. The molecular formula is C18H24IrN+2. The molecule has 0 fully saturated rings. The monoisotopic (exact) mass is 456 g/mol. The van der Waals surface area contributed by atoms with E-state index in [1.54, 1.807) is 20.8 Å². The number of hydrogen-bond donors (Lipinski definition) is 0. The van der Waals surface area contributed by atoms with E-state index in [4.69, 9.17) is 12.3 Å². The summed E-state index contributed by atoms with van der Waals surface area (Å²) in [5.41, 5.74) is -0.962. The fourth-order valence-electron chi connectivity index (χ4n) is 1.93. The summed E-state index contributed by atoms with van der Waals surface area (Å²) >= 11 is 0. The molecule has 1 heterocycles. The first-order chi connectivity index (χ1) is 12.5. The van der Waals surface area contributed by atoms with Gasteiger partial charge in [-0.3, -0.25) is 0 Å². The van der Waals surface area contributed by atoms with Crippen molar-refractivity contribution in [3.05, 3.63) is 58.0 Å². The smallest absolute Gasteiger partial charge is 0.687 e. The molecule has 0 aliphatic carbocycles. The average molecular weight is 456 g/mol. The molecule has 0 bridgehead atoms. The zero-order chi connectivity index (χ0) is 21.7. The van der Waals surface area contributed by atoms with Gasteiger partial charge >= 0.3 is 20.1 Å². The van der Waals surface area contributed by atoms with E-state index in [1.807, 2.05) is 0 Å². The molecule has 0 radical (unpaired) electrons. The normalized spacial score (nSPS) is 23.4. The van der Waals surface area contributed by atoms with Crippen LogP contribution in [0.25, 0.3) is 10.9 Å². The molecule has 0 saturated carbocycles. The van der Waals surface area contributed by atoms with Gasteiger partial charge in [0, 0.05) is 11.0 Å². The molecule has 1 aromatic rings. The van der Waals surface area contributed by atoms with Crippen LogP contribution in [0.5, 0.6) is 0 Å². The van der Waals surface area contributed by atoms with Gasteiger partial charge in [0.2, 0.25) is 0 Å². The summed E-state index contributed by atoms with van der Waals surface area (Å²) in [5.74, 6) is 0. The van der Waals surface area contributed by atoms with Crippen LogP contribution in [0.15, 0.2) is 36.0 Å². The Labute approximate surface area is 149 Å². The standard InChI is InChI=1S/C18H24N.Ir/c1-13-10-15(11-18(3,4)5)6-7-16(13)17-8-9-19-12-14(17)2;/h6-8,10,12H,9,11H2,1-5H3;/q-1;+3/i1D3,2D3,7D,11D2;. The van der Waals surface area contributed by atoms with Crippen molar-refractivity contribution in [2.45, 2.75) is 40.8 Å². The number of rotatable bonds is 2. The van der Waals surface area contributed by atoms with E-state index in [-0.39, 0.29) is 60.5 Å². The fourth-order valence-corrected chi connectivity index (χ4v) is 1.93. The van der Waals surface area contributed by atoms with Crippen LogP contribution >= 0.6 is 0 Å². The van der Waals surface area contributed by atoms with Crippen LogP contribution in [0.2, 0.25) is 0 Å². The Morgan fingerprint density at radius 3 is 2.85 bits per heavy atom. The van der Waals surface area contributed by atoms with Gasteiger partial charge in [0.05, 0.1) is 1.37 Å². The summed E-state index contributed by atoms with van der Waals surface area (Å²) in [7, 11) is 0. The van der Waals surface area contributed by atoms with Gasteiger partial charge < -0.3 is 5.32 Å². The van der Waals surface area contributed by atoms with Crippen LogP contribution in [-0.4, -0.2) is 6.54 Å². The number of aryl methyl sites for hydroxylation is 1. The Balaban J connectivity index is 0.00000420. The predicted molar refractivity (Wildman–Crippen MR) is 84.3 cm³/mol. The van der Waals surface area contributed by atoms with E-state index in [1.165, 1.54) is 24.4 Å². The summed E-state index contributed by atoms with van der Waals surface area (Å²) in [6, 6.07) is 2.31. The van der Waals surface area contributed by atoms with Crippen LogP contribution in [0.3, 0.4) is 0 Å². The summed E-state index contributed by atoms with van der Waals surface area (Å²) in [5, 5.41) is 3.95. The van der Waals surface area contributed by atoms with Crippen molar-refractivity contribution in [2.24, 2.45) is 5.41 Å². The SMILES string of the molecule is [2H]c1cc(C([2H])([2H])C(C)(C)C)cc(C([2H])([2H])[2H])c1C1=CC[N-]C=C1C([2H])([2H])[2H].[Ir+3]. The fraction of sp³-hybridized carbons (Fsp3) is 0.444. The molecule has 1 aromatic carbocycles. The first-order valence-electron chi connectivity index (χ1n) is 10.7. The van der Waals surface area contributed by atoms with E-state index in [0.29, 0.717) is 0 Å². The van der Waals surface area contributed by atoms with Crippen LogP contribution in [0.1, 0.15) is 56.7 Å². The third-order valence-electron chi connectivity index (χ3n) is 2.64. The Morgan fingerprint density at radius 1 is 1.40 bits per heavy atom. The molecule has 0 atom stereocenters. The number of benzene rings is 1. The summed E-state index contributed by atoms with van der Waals surface area (Å²) < 4.78 is 72.3. The van der Waals surface area contributed by atoms with Crippen LogP contribution in [0, 0.1) is 12.3 Å². The number of nitrogens with zero attached hydrogens (tertiary/aromatic N) is 1. The molecule has 0 spiro atoms. The third kappa shape index (κ3) is 4.33. The molecular weight excluding hydrogens is 422 g/mol. The molecule has 1 nitrogen and oxygen atoms in total. The minimum atomic E-state index is -2.65. The molecule has 2 heteroatoms. The second-order valence-electron chi connectivity index (χ2n) is 5.58. The minimum Gasteiger partial charge on any atom is -0.687 e. The zero-order valence-corrected chi connectivity index (χ0v) is 14.2. The van der Waals surface area contributed by atoms with Crippen molar-refractivity contribution in [1.82, 2.24) is 0 Å². The molecule has 1 aliphatic heterocycles. The van der Waals surface area contributed by atoms with Crippen molar-refractivity contribution in [3.8, 4) is 0 Å². The Hall–Kier alpha value is -0.851. The quantitative estimate of drug-likeness (QED) is 0.578. The summed E-state index contributed by atoms with van der Waals surface area (Å²) in [4.78, 5) is 0. The molecule has 0 unspecified atom stereocenters. The molecule has 2 rings (SSSR count). The van der Waals surface area contributed by atoms with Gasteiger partial charge in [-0.25, -0.2) is 0 Å². The van der Waals surface area contributed by atoms with Crippen LogP contribution in [0.4, 0.5) is 0 Å². The maximum Gasteiger partial charge on any atom is 3.00 e. The van der Waals surface area contributed by atoms with E-state index >= 15 is 0 Å². The minimum absolute atomic E-state index is 0. The molecule has 0 N–H and O–H groups in total. The van der Waals surface area contributed by atoms with Gasteiger partial charge in [0.25, 0.3) is 0 Å². The number of hydrogen-bond acceptors (Lipinski definition) is 0. The van der Waals surface area contributed by atoms with Crippen molar-refractivity contribution < 1.29 is 32.4 Å². The Kier molecular flexibility index (Phi) is 2.68. The van der Waals surface area contributed by atoms with E-state index in [2.05, 4.69) is 5.32 Å². The number of allylic oxidation sites excluding steroid dienone is 2. The van der Waals surface area contributed by atoms with E-state index < -0.39 is 25.5 Å². The second kappa shape index (κ2) is 6.74. The van der Waals surface area contributed by atoms with Crippen LogP contribution in [-0.2, 0) is 26.5 Å². The zero-order valence-electron chi connectivity index (χ0n) is 20.8. The average Bonchev–Trinajstić information content (AvgIpc) is 2.51. The van der Waals surface area contributed by atoms with E-state index in [0.717, 1.165) is 0 Å². The first-order valence-corrected chi connectivity index (χ1v) is 6.21. The Bertz CT molecular complexity index is 827. The molecule has 0 saturated heterocycles. The molecule has 1 aliphatic rings. The van der Waals surface area contributed by atoms with Gasteiger partial charge in [-0.1, -0.05) is 50.6 Å². The molecule has 108 valence electrons. The Morgan fingerprint density at radius 2 is 2.20 bits per heavy atom. The van der Waals surface area contributed by atoms with Crippen molar-refractivity contribution in [3.63, 3.8) is 0 Å². The van der Waals surface area contributed by atoms with Gasteiger partial charge in [-0.2, -0.15) is 6.20 Å². The van der Waals surface area contributed by atoms with Crippen molar-refractivity contribution >= 4 is 5.57 Å². The summed E-state index contributed by atoms with van der Waals surface area (Å²) in [6.45, 7) is 0.0944. The second-order valence-corrected chi connectivity index (χ2v) is 5.58. The molecule has 0 amide bonds. The predicted octanol–water partition coefficient (Wildman–Crippen LogP) is 5.26. The van der Waals surface area contributed by atoms with Gasteiger partial charge in [-0.05, 0) is 47.8 Å². The molecule has 0 aromatic heterocycles. The van der Waals surface area contributed by atoms with Gasteiger partial charge in [0.1, 0.15) is 0 Å². The maximum atomic E-state index is 8.45. The van der Waals surface area contributed by atoms with E-state index in [9.17, 15) is 0 Å². The van der Waals surface area contributed by atoms with Gasteiger partial charge in [-0.15, -0.1) is 6.54 Å². The topological polar surface area (TPSA) is 14.1 Å². The van der Waals surface area contributed by atoms with Gasteiger partial charge in [0.15, 0.2) is 0 Å². The summed E-state index contributed by atoms with van der Waals surface area (Å²) in [6.07, 6.45) is 0.816. The van der Waals surface area contributed by atoms with Crippen molar-refractivity contribution in [2.75, 3.05) is 6.54 Å². The largest absolute Gasteiger partial charge is 3.00 e. The van der Waals surface area contributed by atoms with Crippen molar-refractivity contribution in [1.29, 1.82) is 0 Å². The van der Waals surface area contributed by atoms with Crippen LogP contribution < -0.4 is 0 Å². The first kappa shape index (κ1) is 7.96. The molecule has 20 heavy (non-hydrogen) atoms. The maximum absolute atomic E-state index is 8.45.